The van der Waals surface area contributed by atoms with Crippen molar-refractivity contribution in [2.75, 3.05) is 5.75 Å². The molecule has 0 bridgehead atoms. The van der Waals surface area contributed by atoms with Crippen LogP contribution in [-0.2, 0) is 20.4 Å². The van der Waals surface area contributed by atoms with Gasteiger partial charge in [-0.3, -0.25) is 13.8 Å². The maximum Gasteiger partial charge on any atom is 0.240 e. The van der Waals surface area contributed by atoms with Gasteiger partial charge in [0.15, 0.2) is 0 Å². The molecule has 0 saturated heterocycles. The van der Waals surface area contributed by atoms with Crippen LogP contribution in [0.25, 0.3) is 0 Å². The van der Waals surface area contributed by atoms with Gasteiger partial charge >= 0.3 is 0 Å². The standard InChI is InChI=1S/C24H24N2O3S/c25-23(27)21(16-17-30(29)20-14-8-3-9-15-20)26-24(28)22(18-10-4-1-5-11-18)19-12-6-2-7-13-19/h1-15,21-22H,16-17H2,(H2,25,27)(H,26,28)/t21-,30-/m0/s1. The second-order valence-electron chi connectivity index (χ2n) is 6.87. The van der Waals surface area contributed by atoms with E-state index in [9.17, 15) is 13.8 Å². The topological polar surface area (TPSA) is 89.3 Å². The summed E-state index contributed by atoms with van der Waals surface area (Å²) in [5, 5.41) is 2.77. The lowest BCUT2D eigenvalue weighted by atomic mass is 9.90. The van der Waals surface area contributed by atoms with Crippen molar-refractivity contribution < 1.29 is 13.8 Å². The van der Waals surface area contributed by atoms with E-state index in [1.54, 1.807) is 12.1 Å². The smallest absolute Gasteiger partial charge is 0.240 e. The van der Waals surface area contributed by atoms with Crippen LogP contribution < -0.4 is 11.1 Å². The molecule has 0 saturated carbocycles. The van der Waals surface area contributed by atoms with Gasteiger partial charge in [0.1, 0.15) is 6.04 Å². The van der Waals surface area contributed by atoms with Gasteiger partial charge in [-0.05, 0) is 29.7 Å². The first kappa shape index (κ1) is 21.5. The number of amides is 2. The van der Waals surface area contributed by atoms with Crippen LogP contribution in [0.5, 0.6) is 0 Å². The molecule has 154 valence electrons. The van der Waals surface area contributed by atoms with Crippen molar-refractivity contribution in [2.24, 2.45) is 5.73 Å². The van der Waals surface area contributed by atoms with Crippen molar-refractivity contribution >= 4 is 22.6 Å². The van der Waals surface area contributed by atoms with Crippen LogP contribution in [0.3, 0.4) is 0 Å². The van der Waals surface area contributed by atoms with E-state index in [0.29, 0.717) is 4.90 Å². The molecule has 0 spiro atoms. The zero-order valence-corrected chi connectivity index (χ0v) is 17.3. The van der Waals surface area contributed by atoms with Crippen molar-refractivity contribution in [1.82, 2.24) is 5.32 Å². The third-order valence-corrected chi connectivity index (χ3v) is 6.19. The van der Waals surface area contributed by atoms with Gasteiger partial charge in [-0.1, -0.05) is 78.9 Å². The lowest BCUT2D eigenvalue weighted by molar-refractivity contribution is -0.127. The maximum atomic E-state index is 13.2. The number of benzene rings is 3. The van der Waals surface area contributed by atoms with Crippen LogP contribution in [0.1, 0.15) is 23.5 Å². The fourth-order valence-electron chi connectivity index (χ4n) is 3.24. The summed E-state index contributed by atoms with van der Waals surface area (Å²) in [5.41, 5.74) is 7.17. The van der Waals surface area contributed by atoms with Gasteiger partial charge in [0.25, 0.3) is 0 Å². The molecule has 0 aliphatic carbocycles. The number of hydrogen-bond donors (Lipinski definition) is 2. The summed E-state index contributed by atoms with van der Waals surface area (Å²) in [6.45, 7) is 0. The van der Waals surface area contributed by atoms with Crippen LogP contribution >= 0.6 is 0 Å². The minimum absolute atomic E-state index is 0.193. The Balaban J connectivity index is 1.75. The lowest BCUT2D eigenvalue weighted by Gasteiger charge is -2.21. The maximum absolute atomic E-state index is 13.2. The predicted molar refractivity (Wildman–Crippen MR) is 118 cm³/mol. The predicted octanol–water partition coefficient (Wildman–Crippen LogP) is 2.99. The molecule has 3 aromatic carbocycles. The highest BCUT2D eigenvalue weighted by atomic mass is 32.2. The zero-order chi connectivity index (χ0) is 21.3. The number of rotatable bonds is 9. The second kappa shape index (κ2) is 10.5. The summed E-state index contributed by atoms with van der Waals surface area (Å²) in [7, 11) is -1.28. The van der Waals surface area contributed by atoms with E-state index in [0.717, 1.165) is 11.1 Å². The monoisotopic (exact) mass is 420 g/mol. The van der Waals surface area contributed by atoms with Crippen molar-refractivity contribution in [3.63, 3.8) is 0 Å². The molecule has 0 aliphatic rings. The number of nitrogens with two attached hydrogens (primary N) is 1. The Bertz CT molecular complexity index is 955. The van der Waals surface area contributed by atoms with E-state index in [2.05, 4.69) is 5.32 Å². The van der Waals surface area contributed by atoms with Crippen molar-refractivity contribution in [3.05, 3.63) is 102 Å². The third-order valence-electron chi connectivity index (χ3n) is 4.79. The Hall–Kier alpha value is -3.25. The highest BCUT2D eigenvalue weighted by Crippen LogP contribution is 2.25. The molecule has 30 heavy (non-hydrogen) atoms. The Morgan fingerprint density at radius 3 is 1.73 bits per heavy atom. The van der Waals surface area contributed by atoms with Gasteiger partial charge < -0.3 is 11.1 Å². The molecule has 0 heterocycles. The zero-order valence-electron chi connectivity index (χ0n) is 16.4. The molecule has 0 aromatic heterocycles. The van der Waals surface area contributed by atoms with Gasteiger partial charge in [-0.15, -0.1) is 0 Å². The lowest BCUT2D eigenvalue weighted by Crippen LogP contribution is -2.47. The first-order valence-electron chi connectivity index (χ1n) is 9.69. The number of hydrogen-bond acceptors (Lipinski definition) is 3. The number of nitrogens with one attached hydrogen (secondary N) is 1. The molecule has 3 rings (SSSR count). The second-order valence-corrected chi connectivity index (χ2v) is 8.44. The van der Waals surface area contributed by atoms with Gasteiger partial charge in [0, 0.05) is 10.6 Å². The van der Waals surface area contributed by atoms with Crippen LogP contribution in [0.15, 0.2) is 95.9 Å². The summed E-state index contributed by atoms with van der Waals surface area (Å²) in [5.74, 6) is -1.32. The average molecular weight is 421 g/mol. The summed E-state index contributed by atoms with van der Waals surface area (Å²) in [6, 6.07) is 26.9. The Labute approximate surface area is 178 Å². The summed E-state index contributed by atoms with van der Waals surface area (Å²) < 4.78 is 12.5. The van der Waals surface area contributed by atoms with Gasteiger partial charge in [-0.2, -0.15) is 0 Å². The van der Waals surface area contributed by atoms with Crippen LogP contribution in [0.2, 0.25) is 0 Å². The highest BCUT2D eigenvalue weighted by molar-refractivity contribution is 7.85. The molecule has 5 nitrogen and oxygen atoms in total. The van der Waals surface area contributed by atoms with E-state index in [1.165, 1.54) is 0 Å². The summed E-state index contributed by atoms with van der Waals surface area (Å²) in [4.78, 5) is 25.8. The Morgan fingerprint density at radius 1 is 0.800 bits per heavy atom. The first-order chi connectivity index (χ1) is 14.6. The van der Waals surface area contributed by atoms with Crippen LogP contribution in [-0.4, -0.2) is 27.8 Å². The van der Waals surface area contributed by atoms with Gasteiger partial charge in [0.2, 0.25) is 11.8 Å². The summed E-state index contributed by atoms with van der Waals surface area (Å²) >= 11 is 0. The molecule has 6 heteroatoms. The fraction of sp³-hybridized carbons (Fsp3) is 0.167. The number of primary amides is 1. The molecular weight excluding hydrogens is 396 g/mol. The Morgan fingerprint density at radius 2 is 1.27 bits per heavy atom. The van der Waals surface area contributed by atoms with Gasteiger partial charge in [-0.25, -0.2) is 0 Å². The normalized spacial score (nSPS) is 12.8. The van der Waals surface area contributed by atoms with Crippen molar-refractivity contribution in [3.8, 4) is 0 Å². The molecule has 3 N–H and O–H groups in total. The quantitative estimate of drug-likeness (QED) is 0.558. The molecule has 2 atom stereocenters. The van der Waals surface area contributed by atoms with Crippen LogP contribution in [0.4, 0.5) is 0 Å². The molecule has 2 amide bonds. The molecular formula is C24H24N2O3S. The van der Waals surface area contributed by atoms with E-state index >= 15 is 0 Å². The largest absolute Gasteiger partial charge is 0.368 e. The molecule has 3 aromatic rings. The molecule has 0 fully saturated rings. The SMILES string of the molecule is NC(=O)[C@H](CC[S@](=O)c1ccccc1)NC(=O)C(c1ccccc1)c1ccccc1. The van der Waals surface area contributed by atoms with E-state index in [4.69, 9.17) is 5.73 Å². The minimum Gasteiger partial charge on any atom is -0.368 e. The fourth-order valence-corrected chi connectivity index (χ4v) is 4.39. The molecule has 0 radical (unpaired) electrons. The third kappa shape index (κ3) is 5.64. The number of carbonyl (C=O) groups is 2. The first-order valence-corrected chi connectivity index (χ1v) is 11.0. The van der Waals surface area contributed by atoms with E-state index in [1.807, 2.05) is 78.9 Å². The van der Waals surface area contributed by atoms with Crippen molar-refractivity contribution in [2.45, 2.75) is 23.3 Å². The molecule has 0 unspecified atom stereocenters. The average Bonchev–Trinajstić information content (AvgIpc) is 2.78. The van der Waals surface area contributed by atoms with Gasteiger partial charge in [0.05, 0.1) is 16.7 Å². The summed E-state index contributed by atoms with van der Waals surface area (Å²) in [6.07, 6.45) is 0.193. The van der Waals surface area contributed by atoms with E-state index < -0.39 is 28.7 Å². The number of carbonyl (C=O) groups excluding carboxylic acids is 2. The van der Waals surface area contributed by atoms with Crippen LogP contribution in [0, 0.1) is 0 Å². The molecule has 0 aliphatic heterocycles. The highest BCUT2D eigenvalue weighted by Gasteiger charge is 2.27. The Kier molecular flexibility index (Phi) is 7.51. The van der Waals surface area contributed by atoms with Crippen molar-refractivity contribution in [1.29, 1.82) is 0 Å². The minimum atomic E-state index is -1.28. The van der Waals surface area contributed by atoms with E-state index in [-0.39, 0.29) is 18.1 Å².